The van der Waals surface area contributed by atoms with Crippen LogP contribution >= 0.6 is 0 Å². The Hall–Kier alpha value is -4.81. The standard InChI is InChI=1S/C20H22N2O2.C12H18O.C8H7N/c1-3-16-9-11-17(12-10-16)21-20(23)22(18-6-4-5-7-18)14-19-13-8-15(2)24-19;1-10-6-8-12(13-10)9-7-11-4-2-3-5-11;1-2-7-3-5-8(9)6-4-7/h1,8-13,18H,4-7,14H2,2H3,(H,21,23);6,8,11H,2-5,7,9H2,1H3;1,3-6H,9H2. The molecule has 0 spiro atoms. The molecule has 2 aliphatic carbocycles. The number of rotatable bonds is 7. The summed E-state index contributed by atoms with van der Waals surface area (Å²) in [7, 11) is 0. The number of nitrogens with zero attached hydrogens (tertiary/aromatic N) is 1. The fourth-order valence-corrected chi connectivity index (χ4v) is 6.01. The Morgan fingerprint density at radius 3 is 1.83 bits per heavy atom. The van der Waals surface area contributed by atoms with Gasteiger partial charge >= 0.3 is 6.03 Å². The molecule has 2 heterocycles. The van der Waals surface area contributed by atoms with Crippen molar-refractivity contribution < 1.29 is 13.6 Å². The Balaban J connectivity index is 0.000000181. The van der Waals surface area contributed by atoms with Crippen LogP contribution in [0.15, 0.2) is 81.6 Å². The smallest absolute Gasteiger partial charge is 0.322 e. The second kappa shape index (κ2) is 17.6. The third-order valence-electron chi connectivity index (χ3n) is 8.60. The molecule has 0 atom stereocenters. The molecule has 0 unspecified atom stereocenters. The number of hydrogen-bond donors (Lipinski definition) is 2. The van der Waals surface area contributed by atoms with Crippen molar-refractivity contribution in [3.63, 3.8) is 0 Å². The summed E-state index contributed by atoms with van der Waals surface area (Å²) in [6.07, 6.45) is 23.1. The topological polar surface area (TPSA) is 84.6 Å². The second-order valence-electron chi connectivity index (χ2n) is 12.2. The Labute approximate surface area is 274 Å². The van der Waals surface area contributed by atoms with Crippen LogP contribution in [0.5, 0.6) is 0 Å². The summed E-state index contributed by atoms with van der Waals surface area (Å²) in [5.41, 5.74) is 8.57. The maximum Gasteiger partial charge on any atom is 0.322 e. The van der Waals surface area contributed by atoms with Gasteiger partial charge in [0.25, 0.3) is 0 Å². The van der Waals surface area contributed by atoms with Gasteiger partial charge in [0.15, 0.2) is 0 Å². The van der Waals surface area contributed by atoms with Gasteiger partial charge in [0.1, 0.15) is 23.0 Å². The number of carbonyl (C=O) groups is 1. The number of amides is 2. The van der Waals surface area contributed by atoms with E-state index in [4.69, 9.17) is 27.4 Å². The Kier molecular flexibility index (Phi) is 13.0. The Bertz CT molecular complexity index is 1570. The van der Waals surface area contributed by atoms with E-state index in [0.29, 0.717) is 6.54 Å². The van der Waals surface area contributed by atoms with Crippen LogP contribution in [0.25, 0.3) is 0 Å². The van der Waals surface area contributed by atoms with Gasteiger partial charge in [-0.15, -0.1) is 12.8 Å². The lowest BCUT2D eigenvalue weighted by molar-refractivity contribution is 0.178. The van der Waals surface area contributed by atoms with Crippen molar-refractivity contribution >= 4 is 17.4 Å². The lowest BCUT2D eigenvalue weighted by atomic mass is 10.0. The number of terminal acetylenes is 2. The first-order valence-electron chi connectivity index (χ1n) is 16.4. The molecule has 0 aliphatic heterocycles. The number of urea groups is 1. The summed E-state index contributed by atoms with van der Waals surface area (Å²) >= 11 is 0. The van der Waals surface area contributed by atoms with Gasteiger partial charge in [-0.3, -0.25) is 0 Å². The number of furan rings is 2. The maximum atomic E-state index is 12.8. The number of benzene rings is 2. The predicted octanol–water partition coefficient (Wildman–Crippen LogP) is 9.51. The number of nitrogen functional groups attached to an aromatic ring is 1. The van der Waals surface area contributed by atoms with Crippen LogP contribution in [0.2, 0.25) is 0 Å². The highest BCUT2D eigenvalue weighted by atomic mass is 16.3. The van der Waals surface area contributed by atoms with Crippen LogP contribution in [-0.4, -0.2) is 17.0 Å². The molecule has 0 radical (unpaired) electrons. The van der Waals surface area contributed by atoms with Gasteiger partial charge in [-0.05, 0) is 112 Å². The minimum atomic E-state index is -0.0931. The summed E-state index contributed by atoms with van der Waals surface area (Å²) in [4.78, 5) is 14.7. The molecule has 46 heavy (non-hydrogen) atoms. The lowest BCUT2D eigenvalue weighted by Crippen LogP contribution is -2.41. The zero-order valence-electron chi connectivity index (χ0n) is 27.3. The Morgan fingerprint density at radius 2 is 1.30 bits per heavy atom. The van der Waals surface area contributed by atoms with Gasteiger partial charge in [-0.2, -0.15) is 0 Å². The number of nitrogens with one attached hydrogen (secondary N) is 1. The minimum Gasteiger partial charge on any atom is -0.466 e. The van der Waals surface area contributed by atoms with Crippen LogP contribution in [0.4, 0.5) is 16.2 Å². The molecule has 0 bridgehead atoms. The molecule has 2 aromatic heterocycles. The zero-order chi connectivity index (χ0) is 32.7. The van der Waals surface area contributed by atoms with Crippen molar-refractivity contribution in [2.24, 2.45) is 5.92 Å². The molecule has 6 rings (SSSR count). The molecule has 3 N–H and O–H groups in total. The van der Waals surface area contributed by atoms with E-state index in [-0.39, 0.29) is 12.1 Å². The normalized spacial score (nSPS) is 14.3. The van der Waals surface area contributed by atoms with Crippen LogP contribution in [0.3, 0.4) is 0 Å². The third kappa shape index (κ3) is 11.0. The summed E-state index contributed by atoms with van der Waals surface area (Å²) in [6.45, 7) is 4.42. The predicted molar refractivity (Wildman–Crippen MR) is 187 cm³/mol. The fourth-order valence-electron chi connectivity index (χ4n) is 6.01. The number of hydrogen-bond acceptors (Lipinski definition) is 4. The van der Waals surface area contributed by atoms with Crippen molar-refractivity contribution in [1.29, 1.82) is 0 Å². The molecule has 240 valence electrons. The van der Waals surface area contributed by atoms with E-state index >= 15 is 0 Å². The van der Waals surface area contributed by atoms with Gasteiger partial charge in [0.2, 0.25) is 0 Å². The maximum absolute atomic E-state index is 12.8. The largest absolute Gasteiger partial charge is 0.466 e. The third-order valence-corrected chi connectivity index (χ3v) is 8.60. The van der Waals surface area contributed by atoms with Crippen LogP contribution in [-0.2, 0) is 13.0 Å². The van der Waals surface area contributed by atoms with E-state index < -0.39 is 0 Å². The lowest BCUT2D eigenvalue weighted by Gasteiger charge is -2.28. The molecule has 2 amide bonds. The molecule has 6 heteroatoms. The van der Waals surface area contributed by atoms with Crippen molar-refractivity contribution in [1.82, 2.24) is 4.90 Å². The van der Waals surface area contributed by atoms with E-state index in [1.807, 2.05) is 67.3 Å². The first kappa shape index (κ1) is 34.1. The Morgan fingerprint density at radius 1 is 0.783 bits per heavy atom. The van der Waals surface area contributed by atoms with Crippen molar-refractivity contribution in [2.45, 2.75) is 90.6 Å². The van der Waals surface area contributed by atoms with Gasteiger partial charge in [-0.1, -0.05) is 50.4 Å². The highest BCUT2D eigenvalue weighted by Crippen LogP contribution is 2.29. The molecule has 4 aromatic rings. The average Bonchev–Trinajstić information content (AvgIpc) is 3.90. The molecular formula is C40H47N3O3. The fraction of sp³-hybridized carbons (Fsp3) is 0.375. The van der Waals surface area contributed by atoms with E-state index in [9.17, 15) is 4.79 Å². The van der Waals surface area contributed by atoms with E-state index in [1.54, 1.807) is 12.1 Å². The van der Waals surface area contributed by atoms with Gasteiger partial charge < -0.3 is 24.8 Å². The highest BCUT2D eigenvalue weighted by molar-refractivity contribution is 5.89. The zero-order valence-corrected chi connectivity index (χ0v) is 27.3. The van der Waals surface area contributed by atoms with Gasteiger partial charge in [0, 0.05) is 35.0 Å². The summed E-state index contributed by atoms with van der Waals surface area (Å²) in [5, 5.41) is 2.97. The van der Waals surface area contributed by atoms with Gasteiger partial charge in [0.05, 0.1) is 6.54 Å². The molecule has 0 saturated heterocycles. The number of carbonyl (C=O) groups excluding carboxylic acids is 1. The number of aryl methyl sites for hydroxylation is 3. The molecule has 6 nitrogen and oxygen atoms in total. The number of nitrogens with two attached hydrogens (primary N) is 1. The molecule has 2 fully saturated rings. The van der Waals surface area contributed by atoms with E-state index in [0.717, 1.165) is 65.0 Å². The average molecular weight is 618 g/mol. The van der Waals surface area contributed by atoms with E-state index in [2.05, 4.69) is 29.3 Å². The van der Waals surface area contributed by atoms with Crippen molar-refractivity contribution in [3.8, 4) is 24.7 Å². The molecule has 2 aromatic carbocycles. The minimum absolute atomic E-state index is 0.0931. The SMILES string of the molecule is C#Cc1ccc(N)cc1.C#Cc1ccc(NC(=O)N(Cc2ccc(C)o2)C2CCCC2)cc1.Cc1ccc(CCC2CCCC2)o1. The van der Waals surface area contributed by atoms with Gasteiger partial charge in [-0.25, -0.2) is 4.79 Å². The van der Waals surface area contributed by atoms with Crippen molar-refractivity contribution in [2.75, 3.05) is 11.1 Å². The molecule has 2 saturated carbocycles. The monoisotopic (exact) mass is 617 g/mol. The quantitative estimate of drug-likeness (QED) is 0.160. The first-order chi connectivity index (χ1) is 22.3. The second-order valence-corrected chi connectivity index (χ2v) is 12.2. The highest BCUT2D eigenvalue weighted by Gasteiger charge is 2.27. The summed E-state index contributed by atoms with van der Waals surface area (Å²) in [6, 6.07) is 22.7. The molecular weight excluding hydrogens is 570 g/mol. The summed E-state index contributed by atoms with van der Waals surface area (Å²) < 4.78 is 11.2. The van der Waals surface area contributed by atoms with Crippen LogP contribution in [0, 0.1) is 44.5 Å². The first-order valence-corrected chi connectivity index (χ1v) is 16.4. The van der Waals surface area contributed by atoms with E-state index in [1.165, 1.54) is 50.7 Å². The summed E-state index contributed by atoms with van der Waals surface area (Å²) in [5.74, 6) is 9.94. The van der Waals surface area contributed by atoms with Crippen LogP contribution < -0.4 is 11.1 Å². The molecule has 2 aliphatic rings. The number of anilines is 2. The van der Waals surface area contributed by atoms with Crippen LogP contribution in [0.1, 0.15) is 92.0 Å². The van der Waals surface area contributed by atoms with Crippen molar-refractivity contribution in [3.05, 3.63) is 107 Å².